The third kappa shape index (κ3) is 11.9. The van der Waals surface area contributed by atoms with Crippen molar-refractivity contribution in [2.45, 2.75) is 66.2 Å². The van der Waals surface area contributed by atoms with Crippen LogP contribution < -0.4 is 5.32 Å². The van der Waals surface area contributed by atoms with Crippen molar-refractivity contribution in [1.82, 2.24) is 5.32 Å². The molecule has 0 radical (unpaired) electrons. The van der Waals surface area contributed by atoms with Crippen molar-refractivity contribution >= 4 is 0 Å². The number of hydrogen-bond donors (Lipinski definition) is 1. The normalized spacial score (nSPS) is 13.4. The summed E-state index contributed by atoms with van der Waals surface area (Å²) in [5.41, 5.74) is 0. The molecule has 0 saturated heterocycles. The maximum atomic E-state index is 3.50. The van der Waals surface area contributed by atoms with Gasteiger partial charge >= 0.3 is 0 Å². The third-order valence-corrected chi connectivity index (χ3v) is 2.88. The van der Waals surface area contributed by atoms with Gasteiger partial charge in [-0.05, 0) is 31.3 Å². The summed E-state index contributed by atoms with van der Waals surface area (Å²) in [6, 6.07) is 0. The molecule has 0 amide bonds. The Balaban J connectivity index is 3.04. The van der Waals surface area contributed by atoms with Crippen molar-refractivity contribution in [3.63, 3.8) is 0 Å². The molecule has 92 valence electrons. The van der Waals surface area contributed by atoms with Crippen molar-refractivity contribution in [3.05, 3.63) is 0 Å². The second-order valence-corrected chi connectivity index (χ2v) is 5.34. The summed E-state index contributed by atoms with van der Waals surface area (Å²) in [5.74, 6) is 1.73. The van der Waals surface area contributed by atoms with Crippen LogP contribution in [0.5, 0.6) is 0 Å². The van der Waals surface area contributed by atoms with Gasteiger partial charge in [0.05, 0.1) is 0 Å². The predicted octanol–water partition coefficient (Wildman–Crippen LogP) is 4.23. The Morgan fingerprint density at radius 2 is 1.67 bits per heavy atom. The van der Waals surface area contributed by atoms with E-state index in [1.165, 1.54) is 51.6 Å². The quantitative estimate of drug-likeness (QED) is 0.536. The fraction of sp³-hybridized carbons (Fsp3) is 1.00. The van der Waals surface area contributed by atoms with Gasteiger partial charge in [-0.2, -0.15) is 0 Å². The lowest BCUT2D eigenvalue weighted by Gasteiger charge is -2.10. The van der Waals surface area contributed by atoms with Crippen molar-refractivity contribution < 1.29 is 0 Å². The summed E-state index contributed by atoms with van der Waals surface area (Å²) < 4.78 is 0. The van der Waals surface area contributed by atoms with E-state index in [1.54, 1.807) is 0 Å². The van der Waals surface area contributed by atoms with Crippen molar-refractivity contribution in [2.75, 3.05) is 13.1 Å². The van der Waals surface area contributed by atoms with E-state index in [9.17, 15) is 0 Å². The molecule has 0 rings (SSSR count). The standard InChI is InChI=1S/C14H31N/c1-5-9-14(4)10-7-6-8-11-15-12-13(2)3/h13-15H,5-12H2,1-4H3. The van der Waals surface area contributed by atoms with Crippen LogP contribution in [0.2, 0.25) is 0 Å². The highest BCUT2D eigenvalue weighted by Gasteiger charge is 1.99. The van der Waals surface area contributed by atoms with Crippen molar-refractivity contribution in [1.29, 1.82) is 0 Å². The van der Waals surface area contributed by atoms with Gasteiger partial charge in [-0.1, -0.05) is 59.8 Å². The molecule has 0 aliphatic rings. The molecule has 0 fully saturated rings. The number of hydrogen-bond acceptors (Lipinski definition) is 1. The van der Waals surface area contributed by atoms with E-state index >= 15 is 0 Å². The summed E-state index contributed by atoms with van der Waals surface area (Å²) in [6.45, 7) is 11.6. The SMILES string of the molecule is CCCC(C)CCCCCNCC(C)C. The van der Waals surface area contributed by atoms with Crippen LogP contribution in [0.25, 0.3) is 0 Å². The lowest BCUT2D eigenvalue weighted by atomic mass is 9.99. The molecule has 1 heteroatoms. The monoisotopic (exact) mass is 213 g/mol. The molecule has 0 aromatic rings. The molecule has 0 aromatic carbocycles. The molecule has 0 saturated carbocycles. The first-order valence-electron chi connectivity index (χ1n) is 6.87. The number of nitrogens with one attached hydrogen (secondary N) is 1. The van der Waals surface area contributed by atoms with Crippen LogP contribution in [-0.2, 0) is 0 Å². The molecule has 1 nitrogen and oxygen atoms in total. The van der Waals surface area contributed by atoms with E-state index in [4.69, 9.17) is 0 Å². The van der Waals surface area contributed by atoms with E-state index < -0.39 is 0 Å². The van der Waals surface area contributed by atoms with Gasteiger partial charge in [0.2, 0.25) is 0 Å². The van der Waals surface area contributed by atoms with Crippen LogP contribution >= 0.6 is 0 Å². The molecule has 1 unspecified atom stereocenters. The molecule has 0 spiro atoms. The fourth-order valence-electron chi connectivity index (χ4n) is 1.95. The Hall–Kier alpha value is -0.0400. The molecule has 1 atom stereocenters. The van der Waals surface area contributed by atoms with E-state index in [1.807, 2.05) is 0 Å². The summed E-state index contributed by atoms with van der Waals surface area (Å²) in [6.07, 6.45) is 8.36. The van der Waals surface area contributed by atoms with Gasteiger partial charge in [0.15, 0.2) is 0 Å². The molecule has 1 N–H and O–H groups in total. The first-order valence-corrected chi connectivity index (χ1v) is 6.87. The molecule has 0 bridgehead atoms. The average molecular weight is 213 g/mol. The Morgan fingerprint density at radius 1 is 0.933 bits per heavy atom. The Bertz CT molecular complexity index is 121. The van der Waals surface area contributed by atoms with Gasteiger partial charge < -0.3 is 5.32 Å². The smallest absolute Gasteiger partial charge is 0.00258 e. The Morgan fingerprint density at radius 3 is 2.27 bits per heavy atom. The third-order valence-electron chi connectivity index (χ3n) is 2.88. The van der Waals surface area contributed by atoms with Crippen molar-refractivity contribution in [2.24, 2.45) is 11.8 Å². The van der Waals surface area contributed by atoms with Gasteiger partial charge in [0.25, 0.3) is 0 Å². The van der Waals surface area contributed by atoms with Gasteiger partial charge in [0.1, 0.15) is 0 Å². The van der Waals surface area contributed by atoms with Gasteiger partial charge in [-0.15, -0.1) is 0 Å². The molecule has 0 aliphatic carbocycles. The van der Waals surface area contributed by atoms with Gasteiger partial charge in [-0.25, -0.2) is 0 Å². The van der Waals surface area contributed by atoms with E-state index in [0.29, 0.717) is 0 Å². The first kappa shape index (κ1) is 15.0. The summed E-state index contributed by atoms with van der Waals surface area (Å²) >= 11 is 0. The molecule has 0 aromatic heterocycles. The summed E-state index contributed by atoms with van der Waals surface area (Å²) in [4.78, 5) is 0. The Kier molecular flexibility index (Phi) is 10.4. The molecule has 0 heterocycles. The highest BCUT2D eigenvalue weighted by atomic mass is 14.8. The average Bonchev–Trinajstić information content (AvgIpc) is 2.16. The van der Waals surface area contributed by atoms with E-state index in [2.05, 4.69) is 33.0 Å². The second kappa shape index (κ2) is 10.5. The lowest BCUT2D eigenvalue weighted by molar-refractivity contribution is 0.450. The summed E-state index contributed by atoms with van der Waals surface area (Å²) in [5, 5.41) is 3.50. The molecular weight excluding hydrogens is 182 g/mol. The lowest BCUT2D eigenvalue weighted by Crippen LogP contribution is -2.20. The van der Waals surface area contributed by atoms with Crippen molar-refractivity contribution in [3.8, 4) is 0 Å². The van der Waals surface area contributed by atoms with E-state index in [-0.39, 0.29) is 0 Å². The zero-order chi connectivity index (χ0) is 11.5. The van der Waals surface area contributed by atoms with E-state index in [0.717, 1.165) is 11.8 Å². The highest BCUT2D eigenvalue weighted by molar-refractivity contribution is 4.55. The zero-order valence-electron chi connectivity index (χ0n) is 11.3. The minimum absolute atomic E-state index is 0.787. The van der Waals surface area contributed by atoms with Crippen LogP contribution in [0.4, 0.5) is 0 Å². The van der Waals surface area contributed by atoms with Crippen LogP contribution in [0.3, 0.4) is 0 Å². The van der Waals surface area contributed by atoms with Gasteiger partial charge in [-0.3, -0.25) is 0 Å². The van der Waals surface area contributed by atoms with Crippen LogP contribution in [-0.4, -0.2) is 13.1 Å². The highest BCUT2D eigenvalue weighted by Crippen LogP contribution is 2.14. The van der Waals surface area contributed by atoms with Gasteiger partial charge in [0, 0.05) is 0 Å². The molecular formula is C14H31N. The molecule has 0 aliphatic heterocycles. The topological polar surface area (TPSA) is 12.0 Å². The maximum absolute atomic E-state index is 3.50. The maximum Gasteiger partial charge on any atom is -0.00258 e. The fourth-order valence-corrected chi connectivity index (χ4v) is 1.95. The zero-order valence-corrected chi connectivity index (χ0v) is 11.3. The Labute approximate surface area is 97.0 Å². The number of unbranched alkanes of at least 4 members (excludes halogenated alkanes) is 2. The molecule has 15 heavy (non-hydrogen) atoms. The minimum atomic E-state index is 0.787. The van der Waals surface area contributed by atoms with Crippen LogP contribution in [0, 0.1) is 11.8 Å². The predicted molar refractivity (Wildman–Crippen MR) is 70.2 cm³/mol. The largest absolute Gasteiger partial charge is 0.316 e. The number of rotatable bonds is 10. The minimum Gasteiger partial charge on any atom is -0.316 e. The van der Waals surface area contributed by atoms with Crippen LogP contribution in [0.15, 0.2) is 0 Å². The first-order chi connectivity index (χ1) is 7.16. The second-order valence-electron chi connectivity index (χ2n) is 5.34. The van der Waals surface area contributed by atoms with Crippen LogP contribution in [0.1, 0.15) is 66.2 Å². The summed E-state index contributed by atoms with van der Waals surface area (Å²) in [7, 11) is 0.